The fourth-order valence-corrected chi connectivity index (χ4v) is 1.99. The van der Waals surface area contributed by atoms with Crippen molar-refractivity contribution >= 4 is 22.4 Å². The highest BCUT2D eigenvalue weighted by molar-refractivity contribution is 6.17. The molecule has 0 bridgehead atoms. The molecule has 0 radical (unpaired) electrons. The van der Waals surface area contributed by atoms with Crippen LogP contribution >= 0.6 is 11.6 Å². The van der Waals surface area contributed by atoms with Gasteiger partial charge in [-0.1, -0.05) is 12.1 Å². The molecular formula is C16H19ClO2. The Hall–Kier alpha value is -1.41. The minimum atomic E-state index is 0.190. The van der Waals surface area contributed by atoms with E-state index in [9.17, 15) is 0 Å². The van der Waals surface area contributed by atoms with Crippen molar-refractivity contribution in [2.75, 3.05) is 12.5 Å². The van der Waals surface area contributed by atoms with Crippen LogP contribution in [0.5, 0.6) is 11.5 Å². The highest BCUT2D eigenvalue weighted by Crippen LogP contribution is 2.25. The zero-order valence-electron chi connectivity index (χ0n) is 11.4. The van der Waals surface area contributed by atoms with E-state index in [0.29, 0.717) is 12.5 Å². The van der Waals surface area contributed by atoms with Gasteiger partial charge in [0.15, 0.2) is 0 Å². The quantitative estimate of drug-likeness (QED) is 0.566. The maximum absolute atomic E-state index is 5.69. The van der Waals surface area contributed by atoms with E-state index < -0.39 is 0 Å². The van der Waals surface area contributed by atoms with Gasteiger partial charge in [-0.25, -0.2) is 0 Å². The van der Waals surface area contributed by atoms with Crippen LogP contribution in [0.25, 0.3) is 10.8 Å². The smallest absolute Gasteiger partial charge is 0.120 e. The molecule has 2 rings (SSSR count). The van der Waals surface area contributed by atoms with Crippen LogP contribution in [0.1, 0.15) is 20.3 Å². The monoisotopic (exact) mass is 278 g/mol. The second kappa shape index (κ2) is 6.67. The maximum atomic E-state index is 5.69. The molecule has 0 atom stereocenters. The van der Waals surface area contributed by atoms with Gasteiger partial charge in [0.05, 0.1) is 12.7 Å². The molecule has 0 spiro atoms. The van der Waals surface area contributed by atoms with Gasteiger partial charge in [-0.05, 0) is 55.3 Å². The Labute approximate surface area is 119 Å². The number of ether oxygens (including phenoxy) is 2. The summed E-state index contributed by atoms with van der Waals surface area (Å²) in [6.07, 6.45) is 1.05. The van der Waals surface area contributed by atoms with Crippen molar-refractivity contribution in [3.05, 3.63) is 36.4 Å². The minimum Gasteiger partial charge on any atom is -0.494 e. The van der Waals surface area contributed by atoms with E-state index in [1.807, 2.05) is 32.0 Å². The van der Waals surface area contributed by atoms with Crippen LogP contribution in [0.15, 0.2) is 36.4 Å². The highest BCUT2D eigenvalue weighted by atomic mass is 35.5. The van der Waals surface area contributed by atoms with Crippen molar-refractivity contribution in [1.29, 1.82) is 0 Å². The van der Waals surface area contributed by atoms with Gasteiger partial charge in [-0.2, -0.15) is 0 Å². The van der Waals surface area contributed by atoms with Gasteiger partial charge in [0, 0.05) is 5.88 Å². The van der Waals surface area contributed by atoms with Crippen LogP contribution in [0.2, 0.25) is 0 Å². The van der Waals surface area contributed by atoms with Crippen LogP contribution in [0.4, 0.5) is 0 Å². The van der Waals surface area contributed by atoms with E-state index in [-0.39, 0.29) is 6.10 Å². The lowest BCUT2D eigenvalue weighted by Gasteiger charge is -2.11. The summed E-state index contributed by atoms with van der Waals surface area (Å²) in [5.41, 5.74) is 0. The second-order valence-electron chi connectivity index (χ2n) is 4.73. The molecule has 0 heterocycles. The number of alkyl halides is 1. The van der Waals surface area contributed by atoms with E-state index in [4.69, 9.17) is 21.1 Å². The van der Waals surface area contributed by atoms with E-state index in [2.05, 4.69) is 18.2 Å². The third-order valence-corrected chi connectivity index (χ3v) is 2.97. The average molecular weight is 279 g/mol. The van der Waals surface area contributed by atoms with Crippen LogP contribution < -0.4 is 9.47 Å². The normalized spacial score (nSPS) is 10.9. The first-order chi connectivity index (χ1) is 9.19. The lowest BCUT2D eigenvalue weighted by Crippen LogP contribution is -2.05. The molecule has 2 aromatic rings. The summed E-state index contributed by atoms with van der Waals surface area (Å²) in [7, 11) is 0. The molecular weight excluding hydrogens is 260 g/mol. The topological polar surface area (TPSA) is 18.5 Å². The lowest BCUT2D eigenvalue weighted by molar-refractivity contribution is 0.243. The Morgan fingerprint density at radius 1 is 1.00 bits per heavy atom. The summed E-state index contributed by atoms with van der Waals surface area (Å²) < 4.78 is 11.3. The zero-order chi connectivity index (χ0) is 13.7. The molecule has 2 nitrogen and oxygen atoms in total. The summed E-state index contributed by atoms with van der Waals surface area (Å²) in [6, 6.07) is 12.2. The Morgan fingerprint density at radius 3 is 2.26 bits per heavy atom. The second-order valence-corrected chi connectivity index (χ2v) is 5.11. The van der Waals surface area contributed by atoms with E-state index in [1.165, 1.54) is 0 Å². The number of benzene rings is 2. The predicted octanol–water partition coefficient (Wildman–Crippen LogP) is 4.63. The molecule has 3 heteroatoms. The third-order valence-electron chi connectivity index (χ3n) is 2.70. The Morgan fingerprint density at radius 2 is 1.63 bits per heavy atom. The molecule has 0 unspecified atom stereocenters. The number of rotatable bonds is 6. The molecule has 0 aromatic heterocycles. The number of hydrogen-bond donors (Lipinski definition) is 0. The van der Waals surface area contributed by atoms with Gasteiger partial charge >= 0.3 is 0 Å². The van der Waals surface area contributed by atoms with Crippen LogP contribution in [-0.4, -0.2) is 18.6 Å². The number of halogens is 1. The van der Waals surface area contributed by atoms with E-state index in [0.717, 1.165) is 28.7 Å². The summed E-state index contributed by atoms with van der Waals surface area (Å²) in [6.45, 7) is 4.71. The summed E-state index contributed by atoms with van der Waals surface area (Å²) in [5, 5.41) is 2.31. The number of fused-ring (bicyclic) bond motifs is 1. The average Bonchev–Trinajstić information content (AvgIpc) is 2.38. The Balaban J connectivity index is 2.15. The third kappa shape index (κ3) is 4.03. The number of hydrogen-bond acceptors (Lipinski definition) is 2. The molecule has 19 heavy (non-hydrogen) atoms. The molecule has 0 aliphatic rings. The predicted molar refractivity (Wildman–Crippen MR) is 80.5 cm³/mol. The van der Waals surface area contributed by atoms with Crippen molar-refractivity contribution in [2.24, 2.45) is 0 Å². The van der Waals surface area contributed by atoms with Crippen molar-refractivity contribution in [3.8, 4) is 11.5 Å². The summed E-state index contributed by atoms with van der Waals surface area (Å²) >= 11 is 5.63. The summed E-state index contributed by atoms with van der Waals surface area (Å²) in [5.74, 6) is 2.41. The Kier molecular flexibility index (Phi) is 4.92. The molecule has 0 amide bonds. The van der Waals surface area contributed by atoms with Gasteiger partial charge in [-0.15, -0.1) is 11.6 Å². The van der Waals surface area contributed by atoms with Crippen molar-refractivity contribution in [2.45, 2.75) is 26.4 Å². The summed E-state index contributed by atoms with van der Waals surface area (Å²) in [4.78, 5) is 0. The molecule has 0 N–H and O–H groups in total. The molecule has 0 saturated heterocycles. The molecule has 0 fully saturated rings. The molecule has 102 valence electrons. The van der Waals surface area contributed by atoms with Gasteiger partial charge < -0.3 is 9.47 Å². The fraction of sp³-hybridized carbons (Fsp3) is 0.375. The van der Waals surface area contributed by atoms with Gasteiger partial charge in [-0.3, -0.25) is 0 Å². The van der Waals surface area contributed by atoms with E-state index in [1.54, 1.807) is 0 Å². The minimum absolute atomic E-state index is 0.190. The van der Waals surface area contributed by atoms with Crippen molar-refractivity contribution in [1.82, 2.24) is 0 Å². The van der Waals surface area contributed by atoms with E-state index >= 15 is 0 Å². The SMILES string of the molecule is CC(C)Oc1ccc2cc(OCCCCl)ccc2c1. The Bertz CT molecular complexity index is 537. The highest BCUT2D eigenvalue weighted by Gasteiger charge is 2.01. The zero-order valence-corrected chi connectivity index (χ0v) is 12.1. The molecule has 2 aromatic carbocycles. The van der Waals surface area contributed by atoms with Crippen LogP contribution in [0.3, 0.4) is 0 Å². The molecule has 0 aliphatic heterocycles. The van der Waals surface area contributed by atoms with Crippen LogP contribution in [0, 0.1) is 0 Å². The maximum Gasteiger partial charge on any atom is 0.120 e. The molecule has 0 aliphatic carbocycles. The fourth-order valence-electron chi connectivity index (χ4n) is 1.88. The first kappa shape index (κ1) is 14.0. The van der Waals surface area contributed by atoms with Gasteiger partial charge in [0.25, 0.3) is 0 Å². The van der Waals surface area contributed by atoms with Crippen molar-refractivity contribution in [3.63, 3.8) is 0 Å². The lowest BCUT2D eigenvalue weighted by atomic mass is 10.1. The first-order valence-electron chi connectivity index (χ1n) is 6.58. The van der Waals surface area contributed by atoms with Crippen LogP contribution in [-0.2, 0) is 0 Å². The largest absolute Gasteiger partial charge is 0.494 e. The standard InChI is InChI=1S/C16H19ClO2/c1-12(2)19-16-7-5-13-10-15(18-9-3-8-17)6-4-14(13)11-16/h4-7,10-12H,3,8-9H2,1-2H3. The first-order valence-corrected chi connectivity index (χ1v) is 7.12. The van der Waals surface area contributed by atoms with Gasteiger partial charge in [0.1, 0.15) is 11.5 Å². The van der Waals surface area contributed by atoms with Gasteiger partial charge in [0.2, 0.25) is 0 Å². The van der Waals surface area contributed by atoms with Crippen molar-refractivity contribution < 1.29 is 9.47 Å². The molecule has 0 saturated carbocycles.